The van der Waals surface area contributed by atoms with Gasteiger partial charge >= 0.3 is 5.97 Å². The van der Waals surface area contributed by atoms with Gasteiger partial charge in [-0.25, -0.2) is 0 Å². The van der Waals surface area contributed by atoms with Gasteiger partial charge in [0.1, 0.15) is 6.04 Å². The van der Waals surface area contributed by atoms with Crippen LogP contribution in [-0.4, -0.2) is 50.1 Å². The fourth-order valence-electron chi connectivity index (χ4n) is 1.34. The summed E-state index contributed by atoms with van der Waals surface area (Å²) in [6, 6.07) is -0.283. The van der Waals surface area contributed by atoms with Crippen LogP contribution in [0.5, 0.6) is 0 Å². The van der Waals surface area contributed by atoms with Gasteiger partial charge in [-0.1, -0.05) is 6.92 Å². The Hall–Kier alpha value is -0.650. The average molecular weight is 233 g/mol. The molecule has 5 heteroatoms. The summed E-state index contributed by atoms with van der Waals surface area (Å²) in [4.78, 5) is 11.4. The number of nitrogens with one attached hydrogen (secondary N) is 1. The molecule has 0 radical (unpaired) electrons. The topological polar surface area (TPSA) is 67.8 Å². The summed E-state index contributed by atoms with van der Waals surface area (Å²) < 4.78 is 9.72. The fourth-order valence-corrected chi connectivity index (χ4v) is 1.34. The Bertz CT molecular complexity index is 187. The summed E-state index contributed by atoms with van der Waals surface area (Å²) in [7, 11) is 1.55. The van der Waals surface area contributed by atoms with Crippen molar-refractivity contribution < 1.29 is 19.4 Å². The van der Waals surface area contributed by atoms with E-state index in [4.69, 9.17) is 9.47 Å². The van der Waals surface area contributed by atoms with Crippen molar-refractivity contribution in [1.82, 2.24) is 5.32 Å². The van der Waals surface area contributed by atoms with Crippen LogP contribution in [0.3, 0.4) is 0 Å². The maximum atomic E-state index is 11.4. The monoisotopic (exact) mass is 233 g/mol. The number of ether oxygens (including phenoxy) is 2. The number of carbonyl (C=O) groups is 1. The molecule has 0 aliphatic rings. The number of hydrogen-bond donors (Lipinski definition) is 2. The molecule has 0 saturated heterocycles. The van der Waals surface area contributed by atoms with Gasteiger partial charge in [0.15, 0.2) is 0 Å². The molecule has 0 heterocycles. The maximum Gasteiger partial charge on any atom is 0.323 e. The van der Waals surface area contributed by atoms with E-state index >= 15 is 0 Å². The first-order valence-electron chi connectivity index (χ1n) is 5.72. The van der Waals surface area contributed by atoms with Crippen molar-refractivity contribution in [2.24, 2.45) is 0 Å². The minimum Gasteiger partial charge on any atom is -0.465 e. The van der Waals surface area contributed by atoms with Crippen LogP contribution in [-0.2, 0) is 14.3 Å². The summed E-state index contributed by atoms with van der Waals surface area (Å²) >= 11 is 0. The lowest BCUT2D eigenvalue weighted by atomic mass is 10.2. The number of carbonyl (C=O) groups excluding carboxylic acids is 1. The highest BCUT2D eigenvalue weighted by molar-refractivity contribution is 5.75. The van der Waals surface area contributed by atoms with E-state index in [1.165, 1.54) is 0 Å². The molecule has 2 unspecified atom stereocenters. The Balaban J connectivity index is 3.74. The molecule has 0 aliphatic heterocycles. The van der Waals surface area contributed by atoms with Crippen molar-refractivity contribution >= 4 is 5.97 Å². The maximum absolute atomic E-state index is 11.4. The molecule has 0 amide bonds. The Labute approximate surface area is 97.1 Å². The van der Waals surface area contributed by atoms with Gasteiger partial charge in [-0.3, -0.25) is 4.79 Å². The zero-order valence-corrected chi connectivity index (χ0v) is 10.4. The molecule has 0 aromatic heterocycles. The van der Waals surface area contributed by atoms with E-state index in [1.807, 2.05) is 6.92 Å². The smallest absolute Gasteiger partial charge is 0.323 e. The van der Waals surface area contributed by atoms with E-state index in [2.05, 4.69) is 5.32 Å². The molecule has 0 rings (SSSR count). The van der Waals surface area contributed by atoms with Crippen molar-refractivity contribution in [3.63, 3.8) is 0 Å². The summed E-state index contributed by atoms with van der Waals surface area (Å²) in [5.74, 6) is -0.230. The number of aliphatic hydroxyl groups is 1. The van der Waals surface area contributed by atoms with Crippen LogP contribution < -0.4 is 5.32 Å². The SMILES string of the molecule is CCOC(=O)C(CC)NCCC(O)COC. The molecule has 0 spiro atoms. The zero-order chi connectivity index (χ0) is 12.4. The Morgan fingerprint density at radius 1 is 1.44 bits per heavy atom. The van der Waals surface area contributed by atoms with Gasteiger partial charge in [0.05, 0.1) is 19.3 Å². The minimum atomic E-state index is -0.489. The van der Waals surface area contributed by atoms with Crippen LogP contribution in [0.15, 0.2) is 0 Å². The summed E-state index contributed by atoms with van der Waals surface area (Å²) in [5, 5.41) is 12.4. The molecule has 0 fully saturated rings. The summed E-state index contributed by atoms with van der Waals surface area (Å²) in [6.07, 6.45) is 0.750. The normalized spacial score (nSPS) is 14.5. The molecule has 2 atom stereocenters. The Morgan fingerprint density at radius 3 is 2.62 bits per heavy atom. The molecule has 0 aromatic carbocycles. The van der Waals surface area contributed by atoms with Gasteiger partial charge in [0.2, 0.25) is 0 Å². The molecular weight excluding hydrogens is 210 g/mol. The lowest BCUT2D eigenvalue weighted by Gasteiger charge is -2.16. The van der Waals surface area contributed by atoms with Crippen LogP contribution in [0.2, 0.25) is 0 Å². The lowest BCUT2D eigenvalue weighted by Crippen LogP contribution is -2.39. The van der Waals surface area contributed by atoms with Crippen LogP contribution >= 0.6 is 0 Å². The Kier molecular flexibility index (Phi) is 9.18. The van der Waals surface area contributed by atoms with E-state index in [-0.39, 0.29) is 12.0 Å². The lowest BCUT2D eigenvalue weighted by molar-refractivity contribution is -0.145. The zero-order valence-electron chi connectivity index (χ0n) is 10.4. The summed E-state index contributed by atoms with van der Waals surface area (Å²) in [5.41, 5.74) is 0. The standard InChI is InChI=1S/C11H23NO4/c1-4-10(11(14)16-5-2)12-7-6-9(13)8-15-3/h9-10,12-13H,4-8H2,1-3H3. The Morgan fingerprint density at radius 2 is 2.12 bits per heavy atom. The van der Waals surface area contributed by atoms with Gasteiger partial charge in [-0.05, 0) is 26.3 Å². The molecule has 0 bridgehead atoms. The van der Waals surface area contributed by atoms with Crippen molar-refractivity contribution in [2.75, 3.05) is 26.9 Å². The van der Waals surface area contributed by atoms with Gasteiger partial charge < -0.3 is 19.9 Å². The van der Waals surface area contributed by atoms with Crippen molar-refractivity contribution in [3.8, 4) is 0 Å². The molecular formula is C11H23NO4. The van der Waals surface area contributed by atoms with Gasteiger partial charge in [-0.2, -0.15) is 0 Å². The van der Waals surface area contributed by atoms with Crippen LogP contribution in [0, 0.1) is 0 Å². The third-order valence-electron chi connectivity index (χ3n) is 2.21. The van der Waals surface area contributed by atoms with Crippen molar-refractivity contribution in [2.45, 2.75) is 38.8 Å². The molecule has 5 nitrogen and oxygen atoms in total. The van der Waals surface area contributed by atoms with E-state index < -0.39 is 6.10 Å². The minimum absolute atomic E-state index is 0.230. The van der Waals surface area contributed by atoms with Crippen molar-refractivity contribution in [1.29, 1.82) is 0 Å². The van der Waals surface area contributed by atoms with E-state index in [0.717, 1.165) is 0 Å². The van der Waals surface area contributed by atoms with Gasteiger partial charge in [-0.15, -0.1) is 0 Å². The number of rotatable bonds is 9. The predicted molar refractivity (Wildman–Crippen MR) is 61.2 cm³/mol. The van der Waals surface area contributed by atoms with Crippen LogP contribution in [0.1, 0.15) is 26.7 Å². The molecule has 0 aliphatic carbocycles. The number of aliphatic hydroxyl groups excluding tert-OH is 1. The second kappa shape index (κ2) is 9.57. The number of methoxy groups -OCH3 is 1. The molecule has 2 N–H and O–H groups in total. The average Bonchev–Trinajstić information content (AvgIpc) is 2.25. The molecule has 16 heavy (non-hydrogen) atoms. The third kappa shape index (κ3) is 6.76. The second-order valence-electron chi connectivity index (χ2n) is 3.56. The highest BCUT2D eigenvalue weighted by Gasteiger charge is 2.16. The molecule has 96 valence electrons. The molecule has 0 aromatic rings. The quantitative estimate of drug-likeness (QED) is 0.561. The van der Waals surface area contributed by atoms with Crippen molar-refractivity contribution in [3.05, 3.63) is 0 Å². The predicted octanol–water partition coefficient (Wildman–Crippen LogP) is 0.315. The molecule has 0 saturated carbocycles. The number of hydrogen-bond acceptors (Lipinski definition) is 5. The summed E-state index contributed by atoms with van der Waals surface area (Å²) in [6.45, 7) is 4.98. The van der Waals surface area contributed by atoms with Crippen LogP contribution in [0.25, 0.3) is 0 Å². The number of esters is 1. The van der Waals surface area contributed by atoms with E-state index in [0.29, 0.717) is 32.6 Å². The first-order chi connectivity index (χ1) is 7.65. The van der Waals surface area contributed by atoms with E-state index in [1.54, 1.807) is 14.0 Å². The van der Waals surface area contributed by atoms with Crippen LogP contribution in [0.4, 0.5) is 0 Å². The highest BCUT2D eigenvalue weighted by Crippen LogP contribution is 1.97. The second-order valence-corrected chi connectivity index (χ2v) is 3.56. The highest BCUT2D eigenvalue weighted by atomic mass is 16.5. The van der Waals surface area contributed by atoms with Gasteiger partial charge in [0.25, 0.3) is 0 Å². The van der Waals surface area contributed by atoms with E-state index in [9.17, 15) is 9.90 Å². The third-order valence-corrected chi connectivity index (χ3v) is 2.21. The largest absolute Gasteiger partial charge is 0.465 e. The fraction of sp³-hybridized carbons (Fsp3) is 0.909. The first-order valence-corrected chi connectivity index (χ1v) is 5.72. The first kappa shape index (κ1) is 15.3. The van der Waals surface area contributed by atoms with Gasteiger partial charge in [0, 0.05) is 7.11 Å².